The summed E-state index contributed by atoms with van der Waals surface area (Å²) in [7, 11) is 0. The van der Waals surface area contributed by atoms with Crippen molar-refractivity contribution in [2.75, 3.05) is 6.61 Å². The molecule has 0 amide bonds. The second-order valence-corrected chi connectivity index (χ2v) is 7.35. The highest BCUT2D eigenvalue weighted by Gasteiger charge is 2.47. The lowest BCUT2D eigenvalue weighted by Crippen LogP contribution is -2.41. The number of aliphatic hydroxyl groups excluding tert-OH is 1. The highest BCUT2D eigenvalue weighted by Crippen LogP contribution is 2.46. The maximum Gasteiger partial charge on any atom is 0.171 e. The Labute approximate surface area is 147 Å². The molecule has 0 aliphatic heterocycles. The van der Waals surface area contributed by atoms with Crippen molar-refractivity contribution in [3.05, 3.63) is 32.4 Å². The van der Waals surface area contributed by atoms with Crippen LogP contribution in [0.2, 0.25) is 0 Å². The van der Waals surface area contributed by atoms with E-state index in [0.29, 0.717) is 12.8 Å². The van der Waals surface area contributed by atoms with Crippen molar-refractivity contribution in [3.63, 3.8) is 0 Å². The summed E-state index contributed by atoms with van der Waals surface area (Å²) < 4.78 is 0.157. The summed E-state index contributed by atoms with van der Waals surface area (Å²) in [6.07, 6.45) is 2.96. The molecule has 0 bridgehead atoms. The van der Waals surface area contributed by atoms with Crippen molar-refractivity contribution in [2.45, 2.75) is 19.8 Å². The Morgan fingerprint density at radius 1 is 1.26 bits per heavy atom. The Morgan fingerprint density at radius 3 is 2.61 bits per heavy atom. The first-order chi connectivity index (χ1) is 10.9. The third-order valence-electron chi connectivity index (χ3n) is 4.86. The Balaban J connectivity index is 2.22. The lowest BCUT2D eigenvalue weighted by molar-refractivity contribution is 0.0605. The van der Waals surface area contributed by atoms with Crippen molar-refractivity contribution >= 4 is 34.2 Å². The molecule has 0 fully saturated rings. The number of fused-ring (bicyclic) bond motifs is 2. The molecule has 0 heterocycles. The number of halogens is 1. The van der Waals surface area contributed by atoms with Gasteiger partial charge in [-0.1, -0.05) is 11.6 Å². The van der Waals surface area contributed by atoms with Crippen LogP contribution in [0.1, 0.15) is 40.5 Å². The topological polar surface area (TPSA) is 94.8 Å². The minimum atomic E-state index is -0.639. The van der Waals surface area contributed by atoms with Gasteiger partial charge >= 0.3 is 0 Å². The summed E-state index contributed by atoms with van der Waals surface area (Å²) in [5, 5.41) is 29.8. The van der Waals surface area contributed by atoms with E-state index < -0.39 is 11.8 Å². The Morgan fingerprint density at radius 2 is 1.96 bits per heavy atom. The zero-order chi connectivity index (χ0) is 16.9. The van der Waals surface area contributed by atoms with Crippen LogP contribution in [0.15, 0.2) is 17.7 Å². The lowest BCUT2D eigenvalue weighted by Gasteiger charge is -2.34. The molecule has 1 aromatic rings. The molecule has 5 nitrogen and oxygen atoms in total. The Hall–Kier alpha value is -1.41. The molecule has 6 heteroatoms. The van der Waals surface area contributed by atoms with E-state index in [1.54, 1.807) is 22.6 Å². The molecule has 3 rings (SSSR count). The molecule has 0 aromatic heterocycles. The van der Waals surface area contributed by atoms with E-state index in [1.165, 1.54) is 6.07 Å². The molecule has 122 valence electrons. The number of carbonyl (C=O) groups is 2. The van der Waals surface area contributed by atoms with Crippen molar-refractivity contribution in [2.24, 2.45) is 17.8 Å². The van der Waals surface area contributed by atoms with Crippen LogP contribution < -0.4 is 0 Å². The van der Waals surface area contributed by atoms with Gasteiger partial charge in [0.2, 0.25) is 0 Å². The molecule has 0 saturated heterocycles. The van der Waals surface area contributed by atoms with Crippen LogP contribution in [0.3, 0.4) is 0 Å². The van der Waals surface area contributed by atoms with Gasteiger partial charge in [0.1, 0.15) is 11.5 Å². The number of phenolic OH excluding ortho intramolecular Hbond substituents is 2. The van der Waals surface area contributed by atoms with Gasteiger partial charge in [-0.2, -0.15) is 0 Å². The van der Waals surface area contributed by atoms with Gasteiger partial charge in [-0.25, -0.2) is 0 Å². The van der Waals surface area contributed by atoms with E-state index in [-0.39, 0.29) is 50.3 Å². The number of aromatic hydroxyl groups is 2. The van der Waals surface area contributed by atoms with Gasteiger partial charge in [0, 0.05) is 24.0 Å². The number of aliphatic hydroxyl groups is 1. The largest absolute Gasteiger partial charge is 0.507 e. The zero-order valence-corrected chi connectivity index (χ0v) is 14.7. The summed E-state index contributed by atoms with van der Waals surface area (Å²) in [5.74, 6) is -2.65. The highest BCUT2D eigenvalue weighted by atomic mass is 127. The van der Waals surface area contributed by atoms with Crippen molar-refractivity contribution in [1.29, 1.82) is 0 Å². The van der Waals surface area contributed by atoms with E-state index in [9.17, 15) is 24.9 Å². The molecule has 23 heavy (non-hydrogen) atoms. The monoisotopic (exact) mass is 428 g/mol. The first-order valence-electron chi connectivity index (χ1n) is 7.46. The van der Waals surface area contributed by atoms with Gasteiger partial charge < -0.3 is 15.3 Å². The van der Waals surface area contributed by atoms with Crippen LogP contribution in [0, 0.1) is 21.3 Å². The molecule has 2 aliphatic rings. The normalized spacial score (nSPS) is 27.1. The summed E-state index contributed by atoms with van der Waals surface area (Å²) >= 11 is 1.74. The summed E-state index contributed by atoms with van der Waals surface area (Å²) in [5.41, 5.74) is 1.08. The van der Waals surface area contributed by atoms with Gasteiger partial charge in [0.15, 0.2) is 11.6 Å². The maximum absolute atomic E-state index is 13.0. The predicted molar refractivity (Wildman–Crippen MR) is 91.7 cm³/mol. The number of allylic oxidation sites excluding steroid dienone is 2. The third kappa shape index (κ3) is 2.48. The van der Waals surface area contributed by atoms with E-state index in [1.807, 2.05) is 13.0 Å². The SMILES string of the molecule is CC1=CCC(CO)C2C(=O)c3c(cc(O)c(I)c3O)C(=O)C2C1. The molecule has 0 spiro atoms. The van der Waals surface area contributed by atoms with E-state index in [0.717, 1.165) is 5.57 Å². The fourth-order valence-corrected chi connectivity index (χ4v) is 4.09. The number of rotatable bonds is 1. The smallest absolute Gasteiger partial charge is 0.171 e. The number of hydrogen-bond acceptors (Lipinski definition) is 5. The molecule has 3 atom stereocenters. The quantitative estimate of drug-likeness (QED) is 0.473. The molecular weight excluding hydrogens is 411 g/mol. The lowest BCUT2D eigenvalue weighted by atomic mass is 9.67. The molecule has 1 aromatic carbocycles. The van der Waals surface area contributed by atoms with Gasteiger partial charge in [-0.05, 0) is 54.3 Å². The highest BCUT2D eigenvalue weighted by molar-refractivity contribution is 14.1. The van der Waals surface area contributed by atoms with Crippen molar-refractivity contribution in [1.82, 2.24) is 0 Å². The fraction of sp³-hybridized carbons (Fsp3) is 0.412. The standard InChI is InChI=1S/C17H17IO5/c1-7-2-3-8(6-19)12-9(4-7)15(21)10-5-11(20)14(18)17(23)13(10)16(12)22/h2,5,8-9,12,19-20,23H,3-4,6H2,1H3. The van der Waals surface area contributed by atoms with Gasteiger partial charge in [-0.15, -0.1) is 0 Å². The summed E-state index contributed by atoms with van der Waals surface area (Å²) in [6.45, 7) is 1.72. The number of phenols is 2. The number of hydrogen-bond donors (Lipinski definition) is 3. The van der Waals surface area contributed by atoms with Gasteiger partial charge in [0.25, 0.3) is 0 Å². The number of carbonyl (C=O) groups excluding carboxylic acids is 2. The third-order valence-corrected chi connectivity index (χ3v) is 5.92. The van der Waals surface area contributed by atoms with Crippen LogP contribution >= 0.6 is 22.6 Å². The van der Waals surface area contributed by atoms with Crippen LogP contribution in [0.5, 0.6) is 11.5 Å². The summed E-state index contributed by atoms with van der Waals surface area (Å²) in [6, 6.07) is 1.27. The molecule has 3 N–H and O–H groups in total. The first-order valence-corrected chi connectivity index (χ1v) is 8.54. The predicted octanol–water partition coefficient (Wildman–Crippen LogP) is 2.66. The second-order valence-electron chi connectivity index (χ2n) is 6.27. The Bertz CT molecular complexity index is 737. The number of ketones is 2. The average Bonchev–Trinajstić information content (AvgIpc) is 2.69. The van der Waals surface area contributed by atoms with Crippen LogP contribution in [0.25, 0.3) is 0 Å². The second kappa shape index (κ2) is 5.90. The van der Waals surface area contributed by atoms with Crippen LogP contribution in [-0.4, -0.2) is 33.5 Å². The molecule has 2 aliphatic carbocycles. The van der Waals surface area contributed by atoms with Crippen molar-refractivity contribution < 1.29 is 24.9 Å². The van der Waals surface area contributed by atoms with Gasteiger partial charge in [0.05, 0.1) is 9.13 Å². The zero-order valence-electron chi connectivity index (χ0n) is 12.5. The minimum Gasteiger partial charge on any atom is -0.507 e. The minimum absolute atomic E-state index is 0.0172. The van der Waals surface area contributed by atoms with Gasteiger partial charge in [-0.3, -0.25) is 9.59 Å². The van der Waals surface area contributed by atoms with Crippen LogP contribution in [-0.2, 0) is 0 Å². The fourth-order valence-electron chi connectivity index (χ4n) is 3.67. The van der Waals surface area contributed by atoms with Crippen molar-refractivity contribution in [3.8, 4) is 11.5 Å². The van der Waals surface area contributed by atoms with Crippen LogP contribution in [0.4, 0.5) is 0 Å². The van der Waals surface area contributed by atoms with E-state index >= 15 is 0 Å². The molecule has 0 radical (unpaired) electrons. The first kappa shape index (κ1) is 16.4. The number of benzene rings is 1. The van der Waals surface area contributed by atoms with E-state index in [4.69, 9.17) is 0 Å². The van der Waals surface area contributed by atoms with E-state index in [2.05, 4.69) is 0 Å². The maximum atomic E-state index is 13.0. The Kier molecular flexibility index (Phi) is 4.22. The molecular formula is C17H17IO5. The number of Topliss-reactive ketones (excluding diaryl/α,β-unsaturated/α-hetero) is 2. The summed E-state index contributed by atoms with van der Waals surface area (Å²) in [4.78, 5) is 25.9. The molecule has 0 saturated carbocycles. The average molecular weight is 428 g/mol. The molecule has 3 unspecified atom stereocenters.